The number of nitrogens with two attached hydrogens (primary N) is 1. The standard InChI is InChI=1S/C49H36N4O/c1-29(30-21-23-42(34(24-30)28-50)53-43-18-10-7-15-37(43)39-25-31-12-4-5-13-32(31)27-44(39)53)46-38-16-8-11-19-45(38)54-48(46)52-47(51)33-20-22-36-35-14-6-9-17-40(35)49(2,3)41(36)26-33/h4-19,21,23-27H,1,20,22H2,2-3H3,(H2,51,52). The molecule has 5 nitrogen and oxygen atoms in total. The number of fused-ring (bicyclic) bond motifs is 7. The molecular weight excluding hydrogens is 661 g/mol. The molecule has 10 rings (SSSR count). The molecule has 0 spiro atoms. The molecule has 2 N–H and O–H groups in total. The predicted molar refractivity (Wildman–Crippen MR) is 222 cm³/mol. The summed E-state index contributed by atoms with van der Waals surface area (Å²) in [5, 5.41) is 16.2. The van der Waals surface area contributed by atoms with E-state index in [9.17, 15) is 5.26 Å². The number of allylic oxidation sites excluding steroid dienone is 3. The van der Waals surface area contributed by atoms with Crippen molar-refractivity contribution in [3.8, 4) is 11.8 Å². The van der Waals surface area contributed by atoms with Crippen molar-refractivity contribution in [3.63, 3.8) is 0 Å². The first-order valence-corrected chi connectivity index (χ1v) is 18.4. The van der Waals surface area contributed by atoms with Gasteiger partial charge in [0, 0.05) is 21.6 Å². The van der Waals surface area contributed by atoms with Crippen molar-refractivity contribution in [1.29, 1.82) is 5.26 Å². The molecular formula is C49H36N4O. The molecule has 0 fully saturated rings. The lowest BCUT2D eigenvalue weighted by atomic mass is 9.79. The Hall–Kier alpha value is -6.90. The summed E-state index contributed by atoms with van der Waals surface area (Å²) in [5.41, 5.74) is 19.6. The molecule has 258 valence electrons. The molecule has 8 aromatic rings. The van der Waals surface area contributed by atoms with Crippen LogP contribution < -0.4 is 5.73 Å². The van der Waals surface area contributed by atoms with E-state index in [1.54, 1.807) is 0 Å². The van der Waals surface area contributed by atoms with Crippen LogP contribution in [0.5, 0.6) is 0 Å². The van der Waals surface area contributed by atoms with Gasteiger partial charge >= 0.3 is 0 Å². The maximum Gasteiger partial charge on any atom is 0.229 e. The number of aliphatic imine (C=N–C) groups is 1. The van der Waals surface area contributed by atoms with Crippen LogP contribution in [-0.4, -0.2) is 10.4 Å². The molecule has 54 heavy (non-hydrogen) atoms. The molecule has 6 aromatic carbocycles. The lowest BCUT2D eigenvalue weighted by molar-refractivity contribution is 0.624. The van der Waals surface area contributed by atoms with Crippen molar-refractivity contribution in [1.82, 2.24) is 4.57 Å². The highest BCUT2D eigenvalue weighted by atomic mass is 16.3. The van der Waals surface area contributed by atoms with Gasteiger partial charge in [-0.05, 0) is 99.0 Å². The summed E-state index contributed by atoms with van der Waals surface area (Å²) in [7, 11) is 0. The molecule has 5 heteroatoms. The van der Waals surface area contributed by atoms with E-state index in [1.165, 1.54) is 27.7 Å². The Morgan fingerprint density at radius 3 is 2.35 bits per heavy atom. The van der Waals surface area contributed by atoms with Crippen LogP contribution in [-0.2, 0) is 5.41 Å². The van der Waals surface area contributed by atoms with Gasteiger partial charge in [0.1, 0.15) is 17.5 Å². The molecule has 0 bridgehead atoms. The minimum absolute atomic E-state index is 0.117. The number of furan rings is 1. The molecule has 0 amide bonds. The van der Waals surface area contributed by atoms with Gasteiger partial charge in [-0.3, -0.25) is 0 Å². The average molecular weight is 697 g/mol. The van der Waals surface area contributed by atoms with Crippen LogP contribution in [0.1, 0.15) is 54.5 Å². The van der Waals surface area contributed by atoms with Crippen LogP contribution in [0.3, 0.4) is 0 Å². The van der Waals surface area contributed by atoms with Gasteiger partial charge in [0.15, 0.2) is 0 Å². The van der Waals surface area contributed by atoms with E-state index in [2.05, 4.69) is 116 Å². The highest BCUT2D eigenvalue weighted by molar-refractivity contribution is 6.14. The Kier molecular flexibility index (Phi) is 6.96. The fourth-order valence-corrected chi connectivity index (χ4v) is 8.86. The van der Waals surface area contributed by atoms with Crippen LogP contribution in [0.4, 0.5) is 5.88 Å². The van der Waals surface area contributed by atoms with Crippen LogP contribution >= 0.6 is 0 Å². The second kappa shape index (κ2) is 11.8. The predicted octanol–water partition coefficient (Wildman–Crippen LogP) is 12.1. The van der Waals surface area contributed by atoms with E-state index in [0.717, 1.165) is 67.8 Å². The number of nitrogens with zero attached hydrogens (tertiary/aromatic N) is 3. The van der Waals surface area contributed by atoms with Gasteiger partial charge in [-0.1, -0.05) is 117 Å². The zero-order chi connectivity index (χ0) is 36.7. The molecule has 0 aliphatic heterocycles. The summed E-state index contributed by atoms with van der Waals surface area (Å²) in [5.74, 6) is 0.846. The number of amidine groups is 1. The van der Waals surface area contributed by atoms with Gasteiger partial charge in [0.25, 0.3) is 0 Å². The first kappa shape index (κ1) is 31.8. The number of rotatable bonds is 5. The smallest absolute Gasteiger partial charge is 0.229 e. The molecule has 0 saturated heterocycles. The van der Waals surface area contributed by atoms with Crippen molar-refractivity contribution in [2.45, 2.75) is 32.1 Å². The van der Waals surface area contributed by atoms with Crippen molar-refractivity contribution < 1.29 is 4.42 Å². The van der Waals surface area contributed by atoms with E-state index in [4.69, 9.17) is 15.1 Å². The Balaban J connectivity index is 1.07. The molecule has 2 aliphatic rings. The van der Waals surface area contributed by atoms with Crippen molar-refractivity contribution in [2.24, 2.45) is 10.7 Å². The largest absolute Gasteiger partial charge is 0.438 e. The van der Waals surface area contributed by atoms with Crippen LogP contribution in [0.25, 0.3) is 60.4 Å². The fraction of sp³-hybridized carbons (Fsp3) is 0.102. The van der Waals surface area contributed by atoms with Gasteiger partial charge in [0.05, 0.1) is 27.8 Å². The molecule has 0 radical (unpaired) electrons. The van der Waals surface area contributed by atoms with E-state index in [1.807, 2.05) is 48.5 Å². The van der Waals surface area contributed by atoms with E-state index in [0.29, 0.717) is 28.4 Å². The third-order valence-corrected chi connectivity index (χ3v) is 11.6. The summed E-state index contributed by atoms with van der Waals surface area (Å²) in [6, 6.07) is 46.3. The van der Waals surface area contributed by atoms with E-state index in [-0.39, 0.29) is 5.41 Å². The summed E-state index contributed by atoms with van der Waals surface area (Å²) >= 11 is 0. The lowest BCUT2D eigenvalue weighted by Crippen LogP contribution is -2.21. The lowest BCUT2D eigenvalue weighted by Gasteiger charge is -2.25. The molecule has 0 atom stereocenters. The number of benzene rings is 6. The third-order valence-electron chi connectivity index (χ3n) is 11.6. The molecule has 2 aromatic heterocycles. The minimum atomic E-state index is -0.117. The van der Waals surface area contributed by atoms with Crippen molar-refractivity contribution >= 4 is 66.4 Å². The summed E-state index contributed by atoms with van der Waals surface area (Å²) in [4.78, 5) is 4.98. The second-order valence-corrected chi connectivity index (χ2v) is 14.9. The van der Waals surface area contributed by atoms with Gasteiger partial charge < -0.3 is 14.7 Å². The summed E-state index contributed by atoms with van der Waals surface area (Å²) in [6.07, 6.45) is 3.94. The number of hydrogen-bond donors (Lipinski definition) is 1. The molecule has 0 saturated carbocycles. The van der Waals surface area contributed by atoms with Crippen molar-refractivity contribution in [2.75, 3.05) is 0 Å². The Bertz CT molecular complexity index is 3060. The highest BCUT2D eigenvalue weighted by Crippen LogP contribution is 2.51. The zero-order valence-corrected chi connectivity index (χ0v) is 30.2. The van der Waals surface area contributed by atoms with Crippen molar-refractivity contribution in [3.05, 3.63) is 179 Å². The first-order valence-electron chi connectivity index (χ1n) is 18.4. The van der Waals surface area contributed by atoms with Crippen LogP contribution in [0.15, 0.2) is 161 Å². The number of aromatic nitrogens is 1. The fourth-order valence-electron chi connectivity index (χ4n) is 8.86. The number of hydrogen-bond acceptors (Lipinski definition) is 3. The van der Waals surface area contributed by atoms with E-state index >= 15 is 0 Å². The van der Waals surface area contributed by atoms with Crippen LogP contribution in [0, 0.1) is 11.3 Å². The molecule has 0 unspecified atom stereocenters. The summed E-state index contributed by atoms with van der Waals surface area (Å²) < 4.78 is 8.62. The third kappa shape index (κ3) is 4.67. The average Bonchev–Trinajstić information content (AvgIpc) is 3.81. The first-order chi connectivity index (χ1) is 26.3. The molecule has 2 heterocycles. The topological polar surface area (TPSA) is 80.2 Å². The second-order valence-electron chi connectivity index (χ2n) is 14.9. The van der Waals surface area contributed by atoms with Gasteiger partial charge in [-0.2, -0.15) is 10.3 Å². The van der Waals surface area contributed by atoms with Crippen LogP contribution in [0.2, 0.25) is 0 Å². The molecule has 2 aliphatic carbocycles. The summed E-state index contributed by atoms with van der Waals surface area (Å²) in [6.45, 7) is 9.15. The normalized spacial score (nSPS) is 15.1. The number of para-hydroxylation sites is 2. The maximum atomic E-state index is 10.7. The Labute approximate surface area is 313 Å². The zero-order valence-electron chi connectivity index (χ0n) is 30.2. The Morgan fingerprint density at radius 2 is 1.52 bits per heavy atom. The highest BCUT2D eigenvalue weighted by Gasteiger charge is 2.38. The maximum absolute atomic E-state index is 10.7. The number of nitriles is 1. The quantitative estimate of drug-likeness (QED) is 0.144. The monoisotopic (exact) mass is 696 g/mol. The minimum Gasteiger partial charge on any atom is -0.438 e. The Morgan fingerprint density at radius 1 is 0.796 bits per heavy atom. The van der Waals surface area contributed by atoms with Gasteiger partial charge in [-0.25, -0.2) is 0 Å². The van der Waals surface area contributed by atoms with Gasteiger partial charge in [-0.15, -0.1) is 0 Å². The van der Waals surface area contributed by atoms with Gasteiger partial charge in [0.2, 0.25) is 5.88 Å². The SMILES string of the molecule is C=C(c1ccc(-n2c3ccccc3c3cc4ccccc4cc32)c(C#N)c1)c1c(/N=C(\N)C2=CC3=C(CC2)c2ccccc2C3(C)C)oc2ccccc12. The van der Waals surface area contributed by atoms with E-state index < -0.39 is 0 Å².